The second-order valence-corrected chi connectivity index (χ2v) is 8.63. The monoisotopic (exact) mass is 464 g/mol. The SMILES string of the molecule is Cc1cc(SCc2[nH]c(-c3ccc(C(F)(F)F)cc3)nc2C(C)C)ccc1OCC(=O)O. The first-order chi connectivity index (χ1) is 15.0. The summed E-state index contributed by atoms with van der Waals surface area (Å²) in [5, 5.41) is 8.75. The number of nitrogens with one attached hydrogen (secondary N) is 1. The number of aryl methyl sites for hydroxylation is 1. The van der Waals surface area contributed by atoms with Gasteiger partial charge >= 0.3 is 12.1 Å². The van der Waals surface area contributed by atoms with E-state index in [-0.39, 0.29) is 5.92 Å². The number of thioether (sulfide) groups is 1. The molecule has 0 atom stereocenters. The first kappa shape index (κ1) is 23.7. The van der Waals surface area contributed by atoms with Crippen molar-refractivity contribution >= 4 is 17.7 Å². The summed E-state index contributed by atoms with van der Waals surface area (Å²) in [4.78, 5) is 19.5. The van der Waals surface area contributed by atoms with Gasteiger partial charge in [0.1, 0.15) is 11.6 Å². The molecule has 0 aliphatic rings. The summed E-state index contributed by atoms with van der Waals surface area (Å²) in [7, 11) is 0. The van der Waals surface area contributed by atoms with Gasteiger partial charge in [-0.25, -0.2) is 9.78 Å². The van der Waals surface area contributed by atoms with Gasteiger partial charge < -0.3 is 14.8 Å². The van der Waals surface area contributed by atoms with E-state index < -0.39 is 24.3 Å². The van der Waals surface area contributed by atoms with Gasteiger partial charge in [0.05, 0.1) is 11.3 Å². The Hall–Kier alpha value is -2.94. The van der Waals surface area contributed by atoms with Crippen LogP contribution in [0.3, 0.4) is 0 Å². The molecule has 170 valence electrons. The highest BCUT2D eigenvalue weighted by Gasteiger charge is 2.30. The fraction of sp³-hybridized carbons (Fsp3) is 0.304. The minimum atomic E-state index is -4.38. The van der Waals surface area contributed by atoms with E-state index in [2.05, 4.69) is 9.97 Å². The minimum Gasteiger partial charge on any atom is -0.482 e. The third-order valence-corrected chi connectivity index (χ3v) is 5.74. The predicted molar refractivity (Wildman–Crippen MR) is 117 cm³/mol. The van der Waals surface area contributed by atoms with Crippen LogP contribution in [0.25, 0.3) is 11.4 Å². The highest BCUT2D eigenvalue weighted by Crippen LogP contribution is 2.33. The largest absolute Gasteiger partial charge is 0.482 e. The van der Waals surface area contributed by atoms with Crippen LogP contribution in [0.1, 0.15) is 42.3 Å². The molecule has 0 radical (unpaired) electrons. The molecule has 0 saturated carbocycles. The zero-order valence-electron chi connectivity index (χ0n) is 17.8. The highest BCUT2D eigenvalue weighted by molar-refractivity contribution is 7.98. The maximum Gasteiger partial charge on any atom is 0.416 e. The molecular weight excluding hydrogens is 441 g/mol. The summed E-state index contributed by atoms with van der Waals surface area (Å²) in [5.74, 6) is 0.749. The van der Waals surface area contributed by atoms with Gasteiger partial charge in [0.15, 0.2) is 6.61 Å². The number of hydrogen-bond donors (Lipinski definition) is 2. The molecule has 3 aromatic rings. The number of carboxylic acids is 1. The maximum absolute atomic E-state index is 12.8. The molecule has 0 fully saturated rings. The van der Waals surface area contributed by atoms with Gasteiger partial charge in [-0.15, -0.1) is 11.8 Å². The van der Waals surface area contributed by atoms with Gasteiger partial charge in [-0.05, 0) is 48.7 Å². The smallest absolute Gasteiger partial charge is 0.416 e. The average Bonchev–Trinajstić information content (AvgIpc) is 3.15. The number of benzene rings is 2. The van der Waals surface area contributed by atoms with E-state index in [1.165, 1.54) is 12.1 Å². The minimum absolute atomic E-state index is 0.138. The van der Waals surface area contributed by atoms with Crippen molar-refractivity contribution in [2.75, 3.05) is 6.61 Å². The Kier molecular flexibility index (Phi) is 7.18. The molecule has 0 unspecified atom stereocenters. The van der Waals surface area contributed by atoms with E-state index in [0.29, 0.717) is 22.9 Å². The molecule has 0 spiro atoms. The van der Waals surface area contributed by atoms with Crippen LogP contribution in [0.4, 0.5) is 13.2 Å². The Morgan fingerprint density at radius 2 is 1.88 bits per heavy atom. The maximum atomic E-state index is 12.8. The van der Waals surface area contributed by atoms with E-state index in [4.69, 9.17) is 9.84 Å². The van der Waals surface area contributed by atoms with E-state index in [0.717, 1.165) is 34.0 Å². The topological polar surface area (TPSA) is 75.2 Å². The van der Waals surface area contributed by atoms with Crippen LogP contribution in [-0.2, 0) is 16.7 Å². The van der Waals surface area contributed by atoms with Crippen molar-refractivity contribution in [2.24, 2.45) is 0 Å². The molecule has 1 heterocycles. The first-order valence-electron chi connectivity index (χ1n) is 9.89. The summed E-state index contributed by atoms with van der Waals surface area (Å²) in [6.07, 6.45) is -4.38. The number of aromatic amines is 1. The van der Waals surface area contributed by atoms with Crippen LogP contribution in [0, 0.1) is 6.92 Å². The van der Waals surface area contributed by atoms with Crippen molar-refractivity contribution in [3.63, 3.8) is 0 Å². The Bertz CT molecular complexity index is 1090. The van der Waals surface area contributed by atoms with Crippen LogP contribution in [0.15, 0.2) is 47.4 Å². The molecule has 0 aliphatic heterocycles. The standard InChI is InChI=1S/C23H23F3N2O3S/c1-13(2)21-18(12-32-17-8-9-19(14(3)10-17)31-11-20(29)30)27-22(28-21)15-4-6-16(7-5-15)23(24,25)26/h4-10,13H,11-12H2,1-3H3,(H,27,28)(H,29,30). The summed E-state index contributed by atoms with van der Waals surface area (Å²) in [6.45, 7) is 5.48. The van der Waals surface area contributed by atoms with Crippen molar-refractivity contribution in [1.82, 2.24) is 9.97 Å². The molecule has 5 nitrogen and oxygen atoms in total. The van der Waals surface area contributed by atoms with Crippen LogP contribution >= 0.6 is 11.8 Å². The molecule has 1 aromatic heterocycles. The zero-order chi connectivity index (χ0) is 23.5. The molecule has 0 saturated heterocycles. The van der Waals surface area contributed by atoms with Crippen LogP contribution in [0.2, 0.25) is 0 Å². The van der Waals surface area contributed by atoms with Gasteiger partial charge in [-0.3, -0.25) is 0 Å². The number of halogens is 3. The first-order valence-corrected chi connectivity index (χ1v) is 10.9. The lowest BCUT2D eigenvalue weighted by molar-refractivity contribution is -0.139. The Balaban J connectivity index is 1.76. The van der Waals surface area contributed by atoms with Gasteiger partial charge in [0, 0.05) is 21.9 Å². The number of rotatable bonds is 8. The fourth-order valence-electron chi connectivity index (χ4n) is 3.13. The van der Waals surface area contributed by atoms with E-state index in [1.54, 1.807) is 17.8 Å². The highest BCUT2D eigenvalue weighted by atomic mass is 32.2. The molecule has 32 heavy (non-hydrogen) atoms. The Labute approximate surface area is 188 Å². The number of ether oxygens (including phenoxy) is 1. The van der Waals surface area contributed by atoms with Gasteiger partial charge in [0.25, 0.3) is 0 Å². The lowest BCUT2D eigenvalue weighted by Crippen LogP contribution is -2.09. The van der Waals surface area contributed by atoms with E-state index in [9.17, 15) is 18.0 Å². The number of imidazole rings is 1. The molecule has 0 amide bonds. The number of hydrogen-bond acceptors (Lipinski definition) is 4. The lowest BCUT2D eigenvalue weighted by Gasteiger charge is -2.09. The second kappa shape index (κ2) is 9.68. The Morgan fingerprint density at radius 3 is 2.44 bits per heavy atom. The molecule has 2 aromatic carbocycles. The summed E-state index contributed by atoms with van der Waals surface area (Å²) in [6, 6.07) is 10.5. The van der Waals surface area contributed by atoms with E-state index in [1.807, 2.05) is 32.9 Å². The fourth-order valence-corrected chi connectivity index (χ4v) is 4.09. The van der Waals surface area contributed by atoms with Crippen molar-refractivity contribution in [1.29, 1.82) is 0 Å². The zero-order valence-corrected chi connectivity index (χ0v) is 18.6. The number of alkyl halides is 3. The third-order valence-electron chi connectivity index (χ3n) is 4.72. The molecule has 9 heteroatoms. The third kappa shape index (κ3) is 5.85. The molecule has 2 N–H and O–H groups in total. The van der Waals surface area contributed by atoms with Crippen molar-refractivity contribution in [2.45, 2.75) is 43.5 Å². The molecule has 0 aliphatic carbocycles. The van der Waals surface area contributed by atoms with Crippen molar-refractivity contribution in [3.05, 3.63) is 65.0 Å². The summed E-state index contributed by atoms with van der Waals surface area (Å²) < 4.78 is 43.7. The number of carbonyl (C=O) groups is 1. The molecule has 0 bridgehead atoms. The van der Waals surface area contributed by atoms with Gasteiger partial charge in [-0.2, -0.15) is 13.2 Å². The number of nitrogens with zero attached hydrogens (tertiary/aromatic N) is 1. The number of H-pyrrole nitrogens is 1. The number of aliphatic carboxylic acids is 1. The van der Waals surface area contributed by atoms with Crippen molar-refractivity contribution in [3.8, 4) is 17.1 Å². The summed E-state index contributed by atoms with van der Waals surface area (Å²) in [5.41, 5.74) is 2.50. The Morgan fingerprint density at radius 1 is 1.19 bits per heavy atom. The van der Waals surface area contributed by atoms with E-state index >= 15 is 0 Å². The summed E-state index contributed by atoms with van der Waals surface area (Å²) >= 11 is 1.57. The van der Waals surface area contributed by atoms with Crippen LogP contribution in [-0.4, -0.2) is 27.7 Å². The number of carboxylic acid groups (broad SMARTS) is 1. The van der Waals surface area contributed by atoms with Gasteiger partial charge in [0.2, 0.25) is 0 Å². The second-order valence-electron chi connectivity index (χ2n) is 7.58. The predicted octanol–water partition coefficient (Wildman–Crippen LogP) is 6.28. The normalized spacial score (nSPS) is 11.7. The number of aromatic nitrogens is 2. The van der Waals surface area contributed by atoms with Crippen molar-refractivity contribution < 1.29 is 27.8 Å². The molecular formula is C23H23F3N2O3S. The van der Waals surface area contributed by atoms with Crippen LogP contribution in [0.5, 0.6) is 5.75 Å². The van der Waals surface area contributed by atoms with Gasteiger partial charge in [-0.1, -0.05) is 26.0 Å². The molecule has 3 rings (SSSR count). The quantitative estimate of drug-likeness (QED) is 0.384. The average molecular weight is 465 g/mol. The lowest BCUT2D eigenvalue weighted by atomic mass is 10.1. The van der Waals surface area contributed by atoms with Crippen LogP contribution < -0.4 is 4.74 Å².